The van der Waals surface area contributed by atoms with Crippen LogP contribution in [0.15, 0.2) is 29.0 Å². The molecule has 3 rings (SSSR count). The predicted octanol–water partition coefficient (Wildman–Crippen LogP) is 3.00. The Labute approximate surface area is 118 Å². The Balaban J connectivity index is 1.97. The van der Waals surface area contributed by atoms with Crippen LogP contribution in [0.3, 0.4) is 0 Å². The maximum atomic E-state index is 12.0. The van der Waals surface area contributed by atoms with Crippen LogP contribution in [0.2, 0.25) is 0 Å². The highest BCUT2D eigenvalue weighted by Gasteiger charge is 2.36. The number of nitrogens with one attached hydrogen (secondary N) is 1. The third-order valence-electron chi connectivity index (χ3n) is 3.82. The maximum absolute atomic E-state index is 12.0. The van der Waals surface area contributed by atoms with Gasteiger partial charge in [0.1, 0.15) is 18.1 Å². The molecule has 0 bridgehead atoms. The van der Waals surface area contributed by atoms with Crippen LogP contribution in [0.5, 0.6) is 0 Å². The summed E-state index contributed by atoms with van der Waals surface area (Å²) in [5.74, 6) is 1.87. The molecule has 0 spiro atoms. The molecule has 20 heavy (non-hydrogen) atoms. The van der Waals surface area contributed by atoms with Crippen molar-refractivity contribution in [1.29, 1.82) is 0 Å². The summed E-state index contributed by atoms with van der Waals surface area (Å²) >= 11 is 0. The molecule has 0 radical (unpaired) electrons. The molecule has 0 unspecified atom stereocenters. The number of carbonyl (C=O) groups is 1. The van der Waals surface area contributed by atoms with Gasteiger partial charge in [-0.15, -0.1) is 0 Å². The lowest BCUT2D eigenvalue weighted by Gasteiger charge is -2.33. The third-order valence-corrected chi connectivity index (χ3v) is 3.82. The number of anilines is 1. The Kier molecular flexibility index (Phi) is 2.92. The minimum atomic E-state index is 0.0328. The highest BCUT2D eigenvalue weighted by Crippen LogP contribution is 2.43. The van der Waals surface area contributed by atoms with Gasteiger partial charge < -0.3 is 9.73 Å². The van der Waals surface area contributed by atoms with E-state index in [0.29, 0.717) is 13.0 Å². The minimum absolute atomic E-state index is 0.0328. The molecule has 5 nitrogen and oxygen atoms in total. The molecule has 2 aromatic rings. The second-order valence-electron chi connectivity index (χ2n) is 6.36. The fourth-order valence-corrected chi connectivity index (χ4v) is 2.71. The van der Waals surface area contributed by atoms with Crippen molar-refractivity contribution in [3.05, 3.63) is 35.9 Å². The molecule has 0 aromatic carbocycles. The first kappa shape index (κ1) is 13.0. The van der Waals surface area contributed by atoms with Crippen molar-refractivity contribution in [2.45, 2.75) is 39.7 Å². The molecular formula is C15H19N3O2. The van der Waals surface area contributed by atoms with Crippen LogP contribution in [-0.4, -0.2) is 15.7 Å². The number of rotatable bonds is 2. The number of aromatic nitrogens is 2. The zero-order chi connectivity index (χ0) is 14.3. The first-order valence-electron chi connectivity index (χ1n) is 6.83. The molecule has 0 aliphatic carbocycles. The second-order valence-corrected chi connectivity index (χ2v) is 6.36. The van der Waals surface area contributed by atoms with E-state index >= 15 is 0 Å². The Bertz CT molecular complexity index is 620. The van der Waals surface area contributed by atoms with Gasteiger partial charge in [0.25, 0.3) is 0 Å². The van der Waals surface area contributed by atoms with E-state index in [0.717, 1.165) is 17.1 Å². The topological polar surface area (TPSA) is 60.1 Å². The molecule has 106 valence electrons. The van der Waals surface area contributed by atoms with Gasteiger partial charge in [0.2, 0.25) is 5.91 Å². The molecule has 5 heteroatoms. The van der Waals surface area contributed by atoms with E-state index in [4.69, 9.17) is 4.42 Å². The lowest BCUT2D eigenvalue weighted by molar-refractivity contribution is -0.117. The van der Waals surface area contributed by atoms with E-state index in [1.165, 1.54) is 0 Å². The second kappa shape index (κ2) is 4.51. The van der Waals surface area contributed by atoms with Crippen molar-refractivity contribution < 1.29 is 9.21 Å². The highest BCUT2D eigenvalue weighted by atomic mass is 16.3. The van der Waals surface area contributed by atoms with E-state index in [-0.39, 0.29) is 17.2 Å². The molecule has 0 saturated heterocycles. The summed E-state index contributed by atoms with van der Waals surface area (Å²) in [5.41, 5.74) is 1.15. The number of fused-ring (bicyclic) bond motifs is 1. The fourth-order valence-electron chi connectivity index (χ4n) is 2.71. The normalized spacial score (nSPS) is 18.8. The van der Waals surface area contributed by atoms with E-state index in [2.05, 4.69) is 31.2 Å². The summed E-state index contributed by atoms with van der Waals surface area (Å²) < 4.78 is 7.14. The number of amides is 1. The Morgan fingerprint density at radius 3 is 2.95 bits per heavy atom. The molecule has 1 atom stereocenters. The van der Waals surface area contributed by atoms with Gasteiger partial charge in [0, 0.05) is 17.9 Å². The molecule has 1 N–H and O–H groups in total. The summed E-state index contributed by atoms with van der Waals surface area (Å²) in [5, 5.41) is 7.36. The highest BCUT2D eigenvalue weighted by molar-refractivity contribution is 5.93. The minimum Gasteiger partial charge on any atom is -0.467 e. The van der Waals surface area contributed by atoms with Crippen LogP contribution in [-0.2, 0) is 11.3 Å². The molecule has 0 saturated carbocycles. The first-order valence-corrected chi connectivity index (χ1v) is 6.83. The summed E-state index contributed by atoms with van der Waals surface area (Å²) in [6.45, 7) is 7.00. The van der Waals surface area contributed by atoms with Crippen molar-refractivity contribution in [3.63, 3.8) is 0 Å². The zero-order valence-electron chi connectivity index (χ0n) is 12.0. The van der Waals surface area contributed by atoms with Crippen molar-refractivity contribution in [2.75, 3.05) is 5.32 Å². The molecule has 2 aromatic heterocycles. The first-order chi connectivity index (χ1) is 9.45. The van der Waals surface area contributed by atoms with Gasteiger partial charge in [0.15, 0.2) is 0 Å². The monoisotopic (exact) mass is 273 g/mol. The zero-order valence-corrected chi connectivity index (χ0v) is 12.0. The van der Waals surface area contributed by atoms with Gasteiger partial charge in [-0.3, -0.25) is 4.79 Å². The molecule has 1 amide bonds. The quantitative estimate of drug-likeness (QED) is 0.915. The maximum Gasteiger partial charge on any atom is 0.226 e. The number of carbonyl (C=O) groups excluding carboxylic acids is 1. The van der Waals surface area contributed by atoms with Gasteiger partial charge in [-0.1, -0.05) is 20.8 Å². The van der Waals surface area contributed by atoms with Crippen molar-refractivity contribution in [1.82, 2.24) is 9.78 Å². The van der Waals surface area contributed by atoms with E-state index in [1.54, 1.807) is 10.9 Å². The molecule has 1 aliphatic heterocycles. The van der Waals surface area contributed by atoms with Crippen molar-refractivity contribution >= 4 is 11.7 Å². The summed E-state index contributed by atoms with van der Waals surface area (Å²) in [6.07, 6.45) is 4.03. The summed E-state index contributed by atoms with van der Waals surface area (Å²) in [4.78, 5) is 12.0. The van der Waals surface area contributed by atoms with Crippen molar-refractivity contribution in [2.24, 2.45) is 5.41 Å². The van der Waals surface area contributed by atoms with Crippen LogP contribution in [0.25, 0.3) is 0 Å². The van der Waals surface area contributed by atoms with Gasteiger partial charge in [-0.25, -0.2) is 4.68 Å². The number of hydrogen-bond donors (Lipinski definition) is 1. The Hall–Kier alpha value is -2.04. The van der Waals surface area contributed by atoms with Gasteiger partial charge in [-0.2, -0.15) is 5.10 Å². The molecule has 0 fully saturated rings. The predicted molar refractivity (Wildman–Crippen MR) is 75.5 cm³/mol. The SMILES string of the molecule is CC(C)(C)[C@H]1CC(=O)Nc2c1cnn2Cc1ccco1. The Morgan fingerprint density at radius 1 is 1.50 bits per heavy atom. The number of nitrogens with zero attached hydrogens (tertiary/aromatic N) is 2. The number of hydrogen-bond acceptors (Lipinski definition) is 3. The molecule has 1 aliphatic rings. The van der Waals surface area contributed by atoms with Crippen LogP contribution >= 0.6 is 0 Å². The van der Waals surface area contributed by atoms with Gasteiger partial charge in [-0.05, 0) is 17.5 Å². The lowest BCUT2D eigenvalue weighted by atomic mass is 9.74. The van der Waals surface area contributed by atoms with E-state index < -0.39 is 0 Å². The standard InChI is InChI=1S/C15H19N3O2/c1-15(2,3)12-7-13(19)17-14-11(12)8-16-18(14)9-10-5-4-6-20-10/h4-6,8,12H,7,9H2,1-3H3,(H,17,19)/t12-/m0/s1. The third kappa shape index (κ3) is 2.24. The van der Waals surface area contributed by atoms with Crippen molar-refractivity contribution in [3.8, 4) is 0 Å². The largest absolute Gasteiger partial charge is 0.467 e. The van der Waals surface area contributed by atoms with Gasteiger partial charge >= 0.3 is 0 Å². The average molecular weight is 273 g/mol. The van der Waals surface area contributed by atoms with E-state index in [9.17, 15) is 4.79 Å². The fraction of sp³-hybridized carbons (Fsp3) is 0.467. The number of furan rings is 1. The summed E-state index contributed by atoms with van der Waals surface area (Å²) in [7, 11) is 0. The lowest BCUT2D eigenvalue weighted by Crippen LogP contribution is -2.30. The summed E-state index contributed by atoms with van der Waals surface area (Å²) in [6, 6.07) is 3.75. The smallest absolute Gasteiger partial charge is 0.226 e. The average Bonchev–Trinajstić information content (AvgIpc) is 2.98. The van der Waals surface area contributed by atoms with Crippen LogP contribution < -0.4 is 5.32 Å². The van der Waals surface area contributed by atoms with Crippen LogP contribution in [0, 0.1) is 5.41 Å². The molecular weight excluding hydrogens is 254 g/mol. The molecule has 3 heterocycles. The van der Waals surface area contributed by atoms with Crippen LogP contribution in [0.4, 0.5) is 5.82 Å². The van der Waals surface area contributed by atoms with Crippen LogP contribution in [0.1, 0.15) is 44.4 Å². The Morgan fingerprint density at radius 2 is 2.30 bits per heavy atom. The van der Waals surface area contributed by atoms with Gasteiger partial charge in [0.05, 0.1) is 12.5 Å². The van der Waals surface area contributed by atoms with E-state index in [1.807, 2.05) is 18.3 Å².